The third-order valence-electron chi connectivity index (χ3n) is 4.20. The number of aliphatic hydroxyl groups excluding tert-OH is 4. The fourth-order valence-corrected chi connectivity index (χ4v) is 2.99. The molecular formula is C16H16O7. The number of rotatable bonds is 2. The Hall–Kier alpha value is -2.03. The van der Waals surface area contributed by atoms with E-state index in [4.69, 9.17) is 4.74 Å². The number of carboxylic acid groups (broad SMARTS) is 1. The van der Waals surface area contributed by atoms with Crippen molar-refractivity contribution in [2.24, 2.45) is 0 Å². The number of aliphatic carboxylic acids is 1. The van der Waals surface area contributed by atoms with Crippen molar-refractivity contribution in [2.75, 3.05) is 0 Å². The molecule has 1 aliphatic heterocycles. The largest absolute Gasteiger partial charge is 0.479 e. The summed E-state index contributed by atoms with van der Waals surface area (Å²) < 4.78 is 5.12. The molecule has 5 N–H and O–H groups in total. The van der Waals surface area contributed by atoms with Crippen LogP contribution in [0, 0.1) is 0 Å². The van der Waals surface area contributed by atoms with Crippen molar-refractivity contribution in [3.8, 4) is 0 Å². The first kappa shape index (κ1) is 15.9. The van der Waals surface area contributed by atoms with E-state index in [-0.39, 0.29) is 5.56 Å². The Morgan fingerprint density at radius 2 is 1.61 bits per heavy atom. The first-order valence-corrected chi connectivity index (χ1v) is 7.01. The summed E-state index contributed by atoms with van der Waals surface area (Å²) in [6.07, 6.45) is -7.62. The number of hydrogen-bond acceptors (Lipinski definition) is 6. The molecule has 1 aliphatic rings. The van der Waals surface area contributed by atoms with Crippen molar-refractivity contribution in [1.82, 2.24) is 0 Å². The molecule has 0 unspecified atom stereocenters. The highest BCUT2D eigenvalue weighted by atomic mass is 16.7. The number of hydrogen-bond donors (Lipinski definition) is 5. The van der Waals surface area contributed by atoms with Crippen LogP contribution in [0.1, 0.15) is 5.56 Å². The van der Waals surface area contributed by atoms with Gasteiger partial charge in [-0.3, -0.25) is 0 Å². The van der Waals surface area contributed by atoms with Crippen LogP contribution < -0.4 is 0 Å². The van der Waals surface area contributed by atoms with Gasteiger partial charge in [0.05, 0.1) is 0 Å². The van der Waals surface area contributed by atoms with Gasteiger partial charge in [-0.05, 0) is 10.8 Å². The third-order valence-corrected chi connectivity index (χ3v) is 4.20. The van der Waals surface area contributed by atoms with Crippen LogP contribution >= 0.6 is 0 Å². The zero-order chi connectivity index (χ0) is 16.8. The smallest absolute Gasteiger partial charge is 0.343 e. The van der Waals surface area contributed by atoms with Crippen LogP contribution in [0.2, 0.25) is 0 Å². The fraction of sp³-hybridized carbons (Fsp3) is 0.312. The number of carbonyl (C=O) groups is 1. The van der Waals surface area contributed by atoms with Gasteiger partial charge in [0.2, 0.25) is 5.60 Å². The van der Waals surface area contributed by atoms with Crippen LogP contribution in [-0.2, 0) is 15.1 Å². The highest BCUT2D eigenvalue weighted by Crippen LogP contribution is 2.41. The minimum absolute atomic E-state index is 0.0839. The average molecular weight is 320 g/mol. The van der Waals surface area contributed by atoms with Gasteiger partial charge in [-0.25, -0.2) is 4.79 Å². The number of aliphatic hydroxyl groups is 4. The Bertz CT molecular complexity index is 741. The third kappa shape index (κ3) is 2.21. The molecule has 7 nitrogen and oxygen atoms in total. The van der Waals surface area contributed by atoms with E-state index in [1.54, 1.807) is 36.4 Å². The Kier molecular flexibility index (Phi) is 3.83. The summed E-state index contributed by atoms with van der Waals surface area (Å²) in [6.45, 7) is 0. The standard InChI is InChI=1S/C16H16O7/c17-11-12(18)14(20)23-16(13(11)19,15(21)22)10-7-3-5-8-4-1-2-6-9(8)10/h1-7,11-14,17-20H,(H,21,22)/t11-,12-,13+,14-,16+/m1/s1. The summed E-state index contributed by atoms with van der Waals surface area (Å²) in [6, 6.07) is 11.6. The predicted octanol–water partition coefficient (Wildman–Crippen LogP) is -0.449. The molecule has 23 heavy (non-hydrogen) atoms. The molecule has 0 radical (unpaired) electrons. The van der Waals surface area contributed by atoms with E-state index in [1.807, 2.05) is 0 Å². The Labute approximate surface area is 131 Å². The molecule has 0 amide bonds. The highest BCUT2D eigenvalue weighted by molar-refractivity contribution is 5.92. The van der Waals surface area contributed by atoms with Crippen LogP contribution in [0.25, 0.3) is 10.8 Å². The maximum atomic E-state index is 11.9. The first-order chi connectivity index (χ1) is 10.9. The number of carboxylic acids is 1. The normalized spacial score (nSPS) is 34.4. The average Bonchev–Trinajstić information content (AvgIpc) is 2.55. The zero-order valence-electron chi connectivity index (χ0n) is 11.9. The minimum atomic E-state index is -2.40. The second-order valence-electron chi connectivity index (χ2n) is 5.50. The molecule has 0 saturated carbocycles. The summed E-state index contributed by atoms with van der Waals surface area (Å²) in [4.78, 5) is 11.9. The lowest BCUT2D eigenvalue weighted by Gasteiger charge is -2.45. The van der Waals surface area contributed by atoms with Gasteiger partial charge in [-0.1, -0.05) is 42.5 Å². The number of benzene rings is 2. The molecule has 2 aromatic rings. The summed E-state index contributed by atoms with van der Waals surface area (Å²) in [7, 11) is 0. The lowest BCUT2D eigenvalue weighted by Crippen LogP contribution is -2.65. The van der Waals surface area contributed by atoms with E-state index in [0.29, 0.717) is 10.8 Å². The van der Waals surface area contributed by atoms with Crippen molar-refractivity contribution < 1.29 is 35.1 Å². The molecular weight excluding hydrogens is 304 g/mol. The SMILES string of the molecule is O=C(O)[C@@]1(c2cccc3ccccc23)O[C@@H](O)[C@H](O)[C@@H](O)[C@@H]1O. The highest BCUT2D eigenvalue weighted by Gasteiger charge is 2.59. The predicted molar refractivity (Wildman–Crippen MR) is 78.4 cm³/mol. The van der Waals surface area contributed by atoms with Crippen molar-refractivity contribution >= 4 is 16.7 Å². The first-order valence-electron chi connectivity index (χ1n) is 7.01. The van der Waals surface area contributed by atoms with Crippen LogP contribution in [0.5, 0.6) is 0 Å². The van der Waals surface area contributed by atoms with E-state index in [9.17, 15) is 30.3 Å². The Morgan fingerprint density at radius 1 is 0.957 bits per heavy atom. The fourth-order valence-electron chi connectivity index (χ4n) is 2.99. The van der Waals surface area contributed by atoms with E-state index in [0.717, 1.165) is 0 Å². The van der Waals surface area contributed by atoms with Gasteiger partial charge in [0.25, 0.3) is 0 Å². The van der Waals surface area contributed by atoms with Crippen molar-refractivity contribution in [3.05, 3.63) is 48.0 Å². The van der Waals surface area contributed by atoms with Crippen molar-refractivity contribution in [1.29, 1.82) is 0 Å². The molecule has 1 heterocycles. The van der Waals surface area contributed by atoms with E-state index in [1.165, 1.54) is 6.07 Å². The van der Waals surface area contributed by atoms with Gasteiger partial charge in [-0.15, -0.1) is 0 Å². The van der Waals surface area contributed by atoms with Gasteiger partial charge in [0.1, 0.15) is 18.3 Å². The number of ether oxygens (including phenoxy) is 1. The van der Waals surface area contributed by atoms with Gasteiger partial charge >= 0.3 is 5.97 Å². The zero-order valence-corrected chi connectivity index (χ0v) is 11.9. The molecule has 0 aliphatic carbocycles. The Balaban J connectivity index is 2.28. The molecule has 5 atom stereocenters. The van der Waals surface area contributed by atoms with Crippen molar-refractivity contribution in [3.63, 3.8) is 0 Å². The lowest BCUT2D eigenvalue weighted by molar-refractivity contribution is -0.319. The van der Waals surface area contributed by atoms with E-state index < -0.39 is 36.2 Å². The topological polar surface area (TPSA) is 127 Å². The quantitative estimate of drug-likeness (QED) is 0.507. The van der Waals surface area contributed by atoms with Gasteiger partial charge in [-0.2, -0.15) is 0 Å². The molecule has 7 heteroatoms. The molecule has 1 saturated heterocycles. The van der Waals surface area contributed by atoms with Crippen LogP contribution in [0.15, 0.2) is 42.5 Å². The van der Waals surface area contributed by atoms with E-state index in [2.05, 4.69) is 0 Å². The minimum Gasteiger partial charge on any atom is -0.479 e. The molecule has 122 valence electrons. The summed E-state index contributed by atoms with van der Waals surface area (Å²) in [5, 5.41) is 50.6. The second-order valence-corrected chi connectivity index (χ2v) is 5.50. The molecule has 1 fully saturated rings. The van der Waals surface area contributed by atoms with Crippen LogP contribution in [0.3, 0.4) is 0 Å². The summed E-state index contributed by atoms with van der Waals surface area (Å²) in [5.41, 5.74) is -2.32. The molecule has 2 aromatic carbocycles. The maximum Gasteiger partial charge on any atom is 0.343 e. The van der Waals surface area contributed by atoms with Gasteiger partial charge in [0, 0.05) is 5.56 Å². The lowest BCUT2D eigenvalue weighted by atomic mass is 9.79. The molecule has 0 aromatic heterocycles. The Morgan fingerprint density at radius 3 is 2.30 bits per heavy atom. The van der Waals surface area contributed by atoms with Crippen molar-refractivity contribution in [2.45, 2.75) is 30.2 Å². The molecule has 3 rings (SSSR count). The summed E-state index contributed by atoms with van der Waals surface area (Å²) in [5.74, 6) is -1.58. The van der Waals surface area contributed by atoms with Crippen LogP contribution in [-0.4, -0.2) is 56.1 Å². The maximum absolute atomic E-state index is 11.9. The monoisotopic (exact) mass is 320 g/mol. The van der Waals surface area contributed by atoms with Crippen LogP contribution in [0.4, 0.5) is 0 Å². The van der Waals surface area contributed by atoms with E-state index >= 15 is 0 Å². The molecule has 0 spiro atoms. The molecule has 0 bridgehead atoms. The number of fused-ring (bicyclic) bond motifs is 1. The summed E-state index contributed by atoms with van der Waals surface area (Å²) >= 11 is 0. The van der Waals surface area contributed by atoms with Gasteiger partial charge in [0.15, 0.2) is 6.29 Å². The van der Waals surface area contributed by atoms with Gasteiger partial charge < -0.3 is 30.3 Å². The second kappa shape index (κ2) is 5.55.